The van der Waals surface area contributed by atoms with Gasteiger partial charge in [-0.2, -0.15) is 0 Å². The second-order valence-corrected chi connectivity index (χ2v) is 41.5. The Morgan fingerprint density at radius 1 is 0.384 bits per heavy atom. The van der Waals surface area contributed by atoms with E-state index in [1.54, 1.807) is 21.6 Å². The van der Waals surface area contributed by atoms with Crippen molar-refractivity contribution < 1.29 is 4.39 Å². The molecule has 4 aromatic carbocycles. The first-order valence-corrected chi connectivity index (χ1v) is 41.6. The average molecular weight is 1080 g/mol. The van der Waals surface area contributed by atoms with Crippen molar-refractivity contribution in [3.8, 4) is 0 Å². The monoisotopic (exact) mass is 1080 g/mol. The van der Waals surface area contributed by atoms with Crippen molar-refractivity contribution in [2.75, 3.05) is 0 Å². The molecule has 1 fully saturated rings. The molecule has 1 nitrogen and oxygen atoms in total. The summed E-state index contributed by atoms with van der Waals surface area (Å²) in [5.74, 6) is -0.0148. The Kier molecular flexibility index (Phi) is 28.5. The van der Waals surface area contributed by atoms with Crippen LogP contribution in [0.4, 0.5) is 4.39 Å². The van der Waals surface area contributed by atoms with Gasteiger partial charge in [-0.25, -0.2) is 8.83 Å². The predicted octanol–water partition coefficient (Wildman–Crippen LogP) is 19.0. The lowest BCUT2D eigenvalue weighted by Crippen LogP contribution is -2.50. The Morgan fingerprint density at radius 3 is 0.986 bits per heavy atom. The van der Waals surface area contributed by atoms with Gasteiger partial charge in [-0.1, -0.05) is 352 Å². The maximum absolute atomic E-state index is 17.5. The fraction of sp³-hybridized carbons (Fsp3) is 0.636. The van der Waals surface area contributed by atoms with E-state index in [0.717, 1.165) is 5.30 Å². The van der Waals surface area contributed by atoms with E-state index >= 15 is 4.39 Å². The number of benzene rings is 4. The zero-order valence-electron chi connectivity index (χ0n) is 48.7. The predicted molar refractivity (Wildman–Crippen MR) is 340 cm³/mol. The van der Waals surface area contributed by atoms with Crippen molar-refractivity contribution in [1.82, 2.24) is 4.44 Å². The highest BCUT2D eigenvalue weighted by Crippen LogP contribution is 2.58. The molecule has 1 aliphatic rings. The van der Waals surface area contributed by atoms with Gasteiger partial charge in [0.25, 0.3) is 0 Å². The summed E-state index contributed by atoms with van der Waals surface area (Å²) < 4.78 is 20.6. The van der Waals surface area contributed by atoms with Crippen LogP contribution in [0, 0.1) is 5.82 Å². The van der Waals surface area contributed by atoms with Gasteiger partial charge in [0.05, 0.1) is 24.2 Å². The third kappa shape index (κ3) is 17.1. The second-order valence-electron chi connectivity index (χ2n) is 23.1. The molecule has 0 spiro atoms. The highest BCUT2D eigenvalue weighted by atomic mass is 31.2. The maximum Gasteiger partial charge on any atom is 0.132 e. The average Bonchev–Trinajstić information content (AvgIpc) is 3.43. The van der Waals surface area contributed by atoms with Crippen LogP contribution < -0.4 is 36.8 Å². The molecule has 0 aromatic heterocycles. The van der Waals surface area contributed by atoms with E-state index in [9.17, 15) is 0 Å². The number of unbranched alkanes of at least 4 members (excludes halogenated alkanes) is 9. The van der Waals surface area contributed by atoms with E-state index in [4.69, 9.17) is 0 Å². The maximum atomic E-state index is 17.5. The Bertz CT molecular complexity index is 1980. The lowest BCUT2D eigenvalue weighted by Gasteiger charge is -2.46. The van der Waals surface area contributed by atoms with Gasteiger partial charge >= 0.3 is 0 Å². The van der Waals surface area contributed by atoms with Crippen molar-refractivity contribution in [2.24, 2.45) is 0 Å². The molecular formula is C66H108FNP2Si3. The zero-order valence-corrected chi connectivity index (χ0v) is 53.5. The lowest BCUT2D eigenvalue weighted by atomic mass is 9.96. The molecule has 1 saturated carbocycles. The summed E-state index contributed by atoms with van der Waals surface area (Å²) in [7, 11) is -7.87. The fourth-order valence-electron chi connectivity index (χ4n) is 13.1. The normalized spacial score (nSPS) is 14.4. The summed E-state index contributed by atoms with van der Waals surface area (Å²) in [6.45, 7) is 21.7. The Labute approximate surface area is 456 Å². The highest BCUT2D eigenvalue weighted by molar-refractivity contribution is 7.84. The van der Waals surface area contributed by atoms with Crippen LogP contribution in [0.15, 0.2) is 97.1 Å². The van der Waals surface area contributed by atoms with Gasteiger partial charge in [-0.3, -0.25) is 0 Å². The van der Waals surface area contributed by atoms with Crippen molar-refractivity contribution in [3.05, 3.63) is 103 Å². The SMILES string of the molecule is CCCC[Si](CCCC)(CCCC)c1cccc(P(c2cccc([Si](CCCC)(CCCC)CCCC)c2)N(C2CCCCC2)P(c2cccc([Si](CCCC)(CCCC)CCCC)c2)c2ccccc2F)c1. The Morgan fingerprint density at radius 2 is 0.685 bits per heavy atom. The molecule has 0 heterocycles. The van der Waals surface area contributed by atoms with Crippen LogP contribution in [0.2, 0.25) is 54.4 Å². The third-order valence-electron chi connectivity index (χ3n) is 17.6. The first kappa shape index (κ1) is 62.1. The molecule has 73 heavy (non-hydrogen) atoms. The minimum absolute atomic E-state index is 0.0148. The third-order valence-corrected chi connectivity index (χ3v) is 39.7. The molecule has 0 aliphatic heterocycles. The Hall–Kier alpha value is -1.72. The van der Waals surface area contributed by atoms with E-state index in [-0.39, 0.29) is 5.82 Å². The molecule has 1 aliphatic carbocycles. The first-order valence-electron chi connectivity index (χ1n) is 31.1. The summed E-state index contributed by atoms with van der Waals surface area (Å²) in [4.78, 5) is 0. The summed E-state index contributed by atoms with van der Waals surface area (Å²) in [5, 5.41) is 10.5. The van der Waals surface area contributed by atoms with Crippen molar-refractivity contribution in [3.63, 3.8) is 0 Å². The zero-order chi connectivity index (χ0) is 52.4. The highest BCUT2D eigenvalue weighted by Gasteiger charge is 2.42. The van der Waals surface area contributed by atoms with Gasteiger partial charge in [0.1, 0.15) is 5.82 Å². The van der Waals surface area contributed by atoms with Crippen molar-refractivity contribution in [1.29, 1.82) is 0 Å². The van der Waals surface area contributed by atoms with Crippen LogP contribution in [-0.2, 0) is 0 Å². The summed E-state index contributed by atoms with van der Waals surface area (Å²) in [5.41, 5.74) is 0. The van der Waals surface area contributed by atoms with Crippen LogP contribution in [0.5, 0.6) is 0 Å². The van der Waals surface area contributed by atoms with E-state index in [1.165, 1.54) is 218 Å². The smallest absolute Gasteiger partial charge is 0.132 e. The summed E-state index contributed by atoms with van der Waals surface area (Å²) in [6.07, 6.45) is 29.6. The lowest BCUT2D eigenvalue weighted by molar-refractivity contribution is 0.355. The minimum atomic E-state index is -1.87. The summed E-state index contributed by atoms with van der Waals surface area (Å²) in [6, 6.07) is 52.4. The van der Waals surface area contributed by atoms with Gasteiger partial charge in [-0.05, 0) is 40.9 Å². The van der Waals surface area contributed by atoms with Crippen LogP contribution in [0.25, 0.3) is 0 Å². The van der Waals surface area contributed by atoms with Gasteiger partial charge in [0.2, 0.25) is 0 Å². The number of hydrogen-bond donors (Lipinski definition) is 0. The number of nitrogens with zero attached hydrogens (tertiary/aromatic N) is 1. The molecule has 7 heteroatoms. The molecule has 5 rings (SSSR count). The van der Waals surface area contributed by atoms with Crippen LogP contribution in [0.3, 0.4) is 0 Å². The summed E-state index contributed by atoms with van der Waals surface area (Å²) >= 11 is 0. The number of rotatable bonds is 37. The van der Waals surface area contributed by atoms with E-state index in [1.807, 2.05) is 6.07 Å². The molecule has 0 amide bonds. The van der Waals surface area contributed by atoms with E-state index in [2.05, 4.69) is 152 Å². The number of halogens is 1. The van der Waals surface area contributed by atoms with Crippen molar-refractivity contribution in [2.45, 2.75) is 270 Å². The minimum Gasteiger partial charge on any atom is -0.242 e. The topological polar surface area (TPSA) is 3.24 Å². The van der Waals surface area contributed by atoms with E-state index < -0.39 is 40.4 Å². The van der Waals surface area contributed by atoms with Crippen molar-refractivity contribution >= 4 is 77.1 Å². The molecule has 406 valence electrons. The molecule has 4 aromatic rings. The quantitative estimate of drug-likeness (QED) is 0.0321. The van der Waals surface area contributed by atoms with E-state index in [0.29, 0.717) is 6.04 Å². The van der Waals surface area contributed by atoms with Gasteiger partial charge < -0.3 is 0 Å². The molecular weight excluding hydrogens is 972 g/mol. The van der Waals surface area contributed by atoms with Gasteiger partial charge in [0.15, 0.2) is 0 Å². The molecule has 1 atom stereocenters. The molecule has 1 unspecified atom stereocenters. The Balaban J connectivity index is 1.94. The molecule has 0 radical (unpaired) electrons. The second kappa shape index (κ2) is 33.5. The molecule has 0 saturated heterocycles. The van der Waals surface area contributed by atoms with Crippen LogP contribution in [-0.4, -0.2) is 34.7 Å². The van der Waals surface area contributed by atoms with Crippen LogP contribution >= 0.6 is 16.1 Å². The van der Waals surface area contributed by atoms with Gasteiger partial charge in [0, 0.05) is 27.5 Å². The van der Waals surface area contributed by atoms with Crippen LogP contribution in [0.1, 0.15) is 210 Å². The fourth-order valence-corrected chi connectivity index (χ4v) is 36.8. The van der Waals surface area contributed by atoms with Gasteiger partial charge in [-0.15, -0.1) is 0 Å². The molecule has 0 N–H and O–H groups in total. The largest absolute Gasteiger partial charge is 0.242 e. The molecule has 0 bridgehead atoms. The first-order chi connectivity index (χ1) is 35.7. The standard InChI is InChI=1S/C66H108FNP2Si3/c1-10-19-46-71(47-20-11-2,48-21-12-3)62-41-33-38-59(55-62)69(60-39-34-42-63(56-60)72(49-22-13-4,50-23-14-5)51-24-15-6)68(58-36-29-28-30-37-58)70(66-45-32-31-44-65(66)67)61-40-35-43-64(57-61)73(52-25-16-7,53-26-17-8)54-27-18-9/h31-35,38-45,55-58H,10-30,36-37,46-54H2,1-9H3. The number of hydrogen-bond acceptors (Lipinski definition) is 1.